The molecule has 10 nitrogen and oxygen atoms in total. The number of hydrogen-bond acceptors (Lipinski definition) is 8. The Labute approximate surface area is 185 Å². The minimum absolute atomic E-state index is 0.00651. The number of aryl methyl sites for hydroxylation is 2. The first-order valence-corrected chi connectivity index (χ1v) is 11.3. The van der Waals surface area contributed by atoms with E-state index in [2.05, 4.69) is 35.3 Å². The van der Waals surface area contributed by atoms with E-state index in [4.69, 9.17) is 0 Å². The van der Waals surface area contributed by atoms with Gasteiger partial charge < -0.3 is 15.2 Å². The van der Waals surface area contributed by atoms with Crippen LogP contribution in [0.4, 0.5) is 28.8 Å². The molecule has 0 aliphatic carbocycles. The zero-order valence-electron chi connectivity index (χ0n) is 17.5. The summed E-state index contributed by atoms with van der Waals surface area (Å²) in [6.07, 6.45) is 4.65. The molecule has 11 heteroatoms. The molecule has 0 saturated heterocycles. The van der Waals surface area contributed by atoms with Crippen molar-refractivity contribution in [2.24, 2.45) is 0 Å². The summed E-state index contributed by atoms with van der Waals surface area (Å²) in [5, 5.41) is 6.26. The summed E-state index contributed by atoms with van der Waals surface area (Å²) < 4.78 is 29.6. The second-order valence-electron chi connectivity index (χ2n) is 6.85. The molecule has 0 fully saturated rings. The average molecular weight is 451 g/mol. The highest BCUT2D eigenvalue weighted by molar-refractivity contribution is 7.92. The van der Waals surface area contributed by atoms with Gasteiger partial charge in [0.15, 0.2) is 5.03 Å². The van der Waals surface area contributed by atoms with E-state index < -0.39 is 10.0 Å². The first-order valence-electron chi connectivity index (χ1n) is 9.87. The maximum Gasteiger partial charge on any atom is 0.280 e. The highest BCUT2D eigenvalue weighted by Gasteiger charge is 2.19. The van der Waals surface area contributed by atoms with Gasteiger partial charge in [-0.15, -0.1) is 0 Å². The van der Waals surface area contributed by atoms with Gasteiger partial charge in [-0.2, -0.15) is 8.42 Å². The Morgan fingerprint density at radius 1 is 0.906 bits per heavy atom. The third-order valence-corrected chi connectivity index (χ3v) is 5.82. The molecule has 3 heterocycles. The molecule has 0 aliphatic rings. The maximum atomic E-state index is 12.6. The monoisotopic (exact) mass is 450 g/mol. The van der Waals surface area contributed by atoms with Gasteiger partial charge in [0.25, 0.3) is 10.0 Å². The molecular weight excluding hydrogens is 428 g/mol. The lowest BCUT2D eigenvalue weighted by molar-refractivity contribution is 0.598. The Hall–Kier alpha value is -3.99. The predicted molar refractivity (Wildman–Crippen MR) is 123 cm³/mol. The van der Waals surface area contributed by atoms with Crippen molar-refractivity contribution in [3.8, 4) is 0 Å². The van der Waals surface area contributed by atoms with Crippen LogP contribution in [-0.4, -0.2) is 32.9 Å². The number of benzene rings is 1. The SMILES string of the molecule is CCn1cc(S(=O)(=O)Nc2ccc(Nc3cc(Nc4ccccn4)ncn3)cc2)nc1C. The summed E-state index contributed by atoms with van der Waals surface area (Å²) in [6, 6.07) is 14.1. The van der Waals surface area contributed by atoms with Crippen molar-refractivity contribution >= 4 is 38.9 Å². The van der Waals surface area contributed by atoms with Gasteiger partial charge in [-0.05, 0) is 50.2 Å². The van der Waals surface area contributed by atoms with Crippen molar-refractivity contribution in [1.29, 1.82) is 0 Å². The largest absolute Gasteiger partial charge is 0.340 e. The highest BCUT2D eigenvalue weighted by atomic mass is 32.2. The van der Waals surface area contributed by atoms with Crippen LogP contribution in [0.5, 0.6) is 0 Å². The van der Waals surface area contributed by atoms with Crippen LogP contribution in [0.1, 0.15) is 12.7 Å². The summed E-state index contributed by atoms with van der Waals surface area (Å²) in [5.74, 6) is 2.49. The van der Waals surface area contributed by atoms with Crippen molar-refractivity contribution < 1.29 is 8.42 Å². The minimum Gasteiger partial charge on any atom is -0.340 e. The average Bonchev–Trinajstić information content (AvgIpc) is 3.18. The first kappa shape index (κ1) is 21.2. The number of nitrogens with zero attached hydrogens (tertiary/aromatic N) is 5. The Kier molecular flexibility index (Phi) is 5.99. The first-order chi connectivity index (χ1) is 15.4. The second kappa shape index (κ2) is 9.02. The number of pyridine rings is 1. The van der Waals surface area contributed by atoms with E-state index in [-0.39, 0.29) is 5.03 Å². The van der Waals surface area contributed by atoms with Crippen LogP contribution in [0.2, 0.25) is 0 Å². The molecule has 0 unspecified atom stereocenters. The summed E-state index contributed by atoms with van der Waals surface area (Å²) >= 11 is 0. The van der Waals surface area contributed by atoms with Gasteiger partial charge in [-0.1, -0.05) is 6.07 Å². The molecule has 3 aromatic heterocycles. The molecule has 4 aromatic rings. The third-order valence-electron chi connectivity index (χ3n) is 4.57. The molecule has 0 amide bonds. The molecular formula is C21H22N8O2S. The zero-order valence-corrected chi connectivity index (χ0v) is 18.3. The molecule has 4 rings (SSSR count). The van der Waals surface area contributed by atoms with Gasteiger partial charge in [0.2, 0.25) is 0 Å². The smallest absolute Gasteiger partial charge is 0.280 e. The van der Waals surface area contributed by atoms with Crippen LogP contribution >= 0.6 is 0 Å². The highest BCUT2D eigenvalue weighted by Crippen LogP contribution is 2.22. The number of imidazole rings is 1. The van der Waals surface area contributed by atoms with Crippen LogP contribution in [0.25, 0.3) is 0 Å². The van der Waals surface area contributed by atoms with Crippen LogP contribution in [-0.2, 0) is 16.6 Å². The van der Waals surface area contributed by atoms with Crippen molar-refractivity contribution in [2.45, 2.75) is 25.4 Å². The van der Waals surface area contributed by atoms with E-state index >= 15 is 0 Å². The number of hydrogen-bond donors (Lipinski definition) is 3. The third kappa shape index (κ3) is 5.01. The second-order valence-corrected chi connectivity index (χ2v) is 8.48. The van der Waals surface area contributed by atoms with Gasteiger partial charge in [-0.3, -0.25) is 4.72 Å². The Bertz CT molecular complexity index is 1310. The van der Waals surface area contributed by atoms with Crippen molar-refractivity contribution in [3.05, 3.63) is 73.1 Å². The van der Waals surface area contributed by atoms with Crippen LogP contribution in [0.3, 0.4) is 0 Å². The van der Waals surface area contributed by atoms with Gasteiger partial charge in [0.05, 0.1) is 0 Å². The van der Waals surface area contributed by atoms with Crippen molar-refractivity contribution in [3.63, 3.8) is 0 Å². The summed E-state index contributed by atoms with van der Waals surface area (Å²) in [5.41, 5.74) is 1.17. The molecule has 0 aliphatic heterocycles. The van der Waals surface area contributed by atoms with Gasteiger partial charge >= 0.3 is 0 Å². The van der Waals surface area contributed by atoms with E-state index in [0.29, 0.717) is 35.5 Å². The Balaban J connectivity index is 1.43. The minimum atomic E-state index is -3.77. The van der Waals surface area contributed by atoms with Gasteiger partial charge in [0.1, 0.15) is 29.6 Å². The molecule has 3 N–H and O–H groups in total. The number of rotatable bonds is 8. The summed E-state index contributed by atoms with van der Waals surface area (Å²) in [6.45, 7) is 4.35. The lowest BCUT2D eigenvalue weighted by Gasteiger charge is -2.10. The van der Waals surface area contributed by atoms with Crippen LogP contribution < -0.4 is 15.4 Å². The molecule has 0 spiro atoms. The normalized spacial score (nSPS) is 11.2. The van der Waals surface area contributed by atoms with Crippen LogP contribution in [0, 0.1) is 6.92 Å². The fourth-order valence-corrected chi connectivity index (χ4v) is 4.04. The fourth-order valence-electron chi connectivity index (χ4n) is 2.97. The molecule has 32 heavy (non-hydrogen) atoms. The molecule has 0 atom stereocenters. The van der Waals surface area contributed by atoms with Crippen molar-refractivity contribution in [2.75, 3.05) is 15.4 Å². The molecule has 0 radical (unpaired) electrons. The van der Waals surface area contributed by atoms with E-state index in [1.54, 1.807) is 48.0 Å². The quantitative estimate of drug-likeness (QED) is 0.371. The fraction of sp³-hybridized carbons (Fsp3) is 0.143. The van der Waals surface area contributed by atoms with E-state index in [0.717, 1.165) is 5.69 Å². The Morgan fingerprint density at radius 2 is 1.62 bits per heavy atom. The maximum absolute atomic E-state index is 12.6. The molecule has 0 saturated carbocycles. The van der Waals surface area contributed by atoms with Crippen molar-refractivity contribution in [1.82, 2.24) is 24.5 Å². The topological polar surface area (TPSA) is 127 Å². The standard InChI is InChI=1S/C21H22N8O2S/c1-3-29-13-21(25-15(29)2)32(30,31)28-17-9-7-16(8-10-17)26-19-12-20(24-14-23-19)27-18-6-4-5-11-22-18/h4-14,28H,3H2,1-2H3,(H2,22,23,24,26,27). The molecule has 1 aromatic carbocycles. The van der Waals surface area contributed by atoms with Gasteiger partial charge in [-0.25, -0.2) is 19.9 Å². The molecule has 0 bridgehead atoms. The van der Waals surface area contributed by atoms with Gasteiger partial charge in [0, 0.05) is 36.4 Å². The predicted octanol–water partition coefficient (Wildman–Crippen LogP) is 3.68. The van der Waals surface area contributed by atoms with Crippen LogP contribution in [0.15, 0.2) is 72.3 Å². The lowest BCUT2D eigenvalue weighted by atomic mass is 10.3. The lowest BCUT2D eigenvalue weighted by Crippen LogP contribution is -2.13. The number of nitrogens with one attached hydrogen (secondary N) is 3. The molecule has 164 valence electrons. The summed E-state index contributed by atoms with van der Waals surface area (Å²) in [4.78, 5) is 16.7. The number of aromatic nitrogens is 5. The summed E-state index contributed by atoms with van der Waals surface area (Å²) in [7, 11) is -3.77. The zero-order chi connectivity index (χ0) is 22.6. The Morgan fingerprint density at radius 3 is 2.28 bits per heavy atom. The number of anilines is 5. The van der Waals surface area contributed by atoms with E-state index in [1.165, 1.54) is 12.5 Å². The number of sulfonamides is 1. The van der Waals surface area contributed by atoms with E-state index in [9.17, 15) is 8.42 Å². The van der Waals surface area contributed by atoms with E-state index in [1.807, 2.05) is 25.1 Å².